The van der Waals surface area contributed by atoms with E-state index in [-0.39, 0.29) is 11.8 Å². The van der Waals surface area contributed by atoms with Crippen molar-refractivity contribution in [2.24, 2.45) is 0 Å². The van der Waals surface area contributed by atoms with Crippen LogP contribution in [0.1, 0.15) is 20.2 Å². The Kier molecular flexibility index (Phi) is 6.54. The molecule has 0 unspecified atom stereocenters. The van der Waals surface area contributed by atoms with E-state index in [0.29, 0.717) is 17.0 Å². The summed E-state index contributed by atoms with van der Waals surface area (Å²) >= 11 is 2.95. The number of amides is 2. The number of hydrogen-bond donors (Lipinski definition) is 2. The lowest BCUT2D eigenvalue weighted by Crippen LogP contribution is -2.45. The fourth-order valence-electron chi connectivity index (χ4n) is 3.15. The minimum atomic E-state index is -0.696. The van der Waals surface area contributed by atoms with Gasteiger partial charge in [-0.15, -0.1) is 22.7 Å². The number of aromatic nitrogens is 1. The summed E-state index contributed by atoms with van der Waals surface area (Å²) in [4.78, 5) is 30.7. The molecule has 0 aliphatic heterocycles. The predicted molar refractivity (Wildman–Crippen MR) is 127 cm³/mol. The molecule has 0 saturated heterocycles. The third kappa shape index (κ3) is 5.45. The normalized spacial score (nSPS) is 11.6. The molecule has 2 amide bonds. The first-order valence-corrected chi connectivity index (χ1v) is 11.6. The summed E-state index contributed by atoms with van der Waals surface area (Å²) in [6.07, 6.45) is 0.403. The highest BCUT2D eigenvalue weighted by atomic mass is 32.1. The van der Waals surface area contributed by atoms with Gasteiger partial charge in [0.05, 0.1) is 15.6 Å². The summed E-state index contributed by atoms with van der Waals surface area (Å²) < 4.78 is 0. The molecule has 0 radical (unpaired) electrons. The van der Waals surface area contributed by atoms with Gasteiger partial charge in [0.2, 0.25) is 5.91 Å². The van der Waals surface area contributed by atoms with E-state index in [0.717, 1.165) is 21.8 Å². The maximum Gasteiger partial charge on any atom is 0.262 e. The van der Waals surface area contributed by atoms with Gasteiger partial charge in [-0.25, -0.2) is 4.98 Å². The SMILES string of the molecule is Cc1nc(-c2ccc(NC(=O)[C@@H](Cc3ccccc3)NC(=O)c3cccs3)cc2)cs1. The third-order valence-corrected chi connectivity index (χ3v) is 6.36. The maximum atomic E-state index is 13.0. The van der Waals surface area contributed by atoms with Crippen LogP contribution in [0.2, 0.25) is 0 Å². The molecule has 0 bridgehead atoms. The summed E-state index contributed by atoms with van der Waals surface area (Å²) in [6, 6.07) is 20.1. The molecule has 1 atom stereocenters. The second kappa shape index (κ2) is 9.68. The fraction of sp³-hybridized carbons (Fsp3) is 0.125. The van der Waals surface area contributed by atoms with E-state index < -0.39 is 6.04 Å². The molecule has 2 N–H and O–H groups in total. The Bertz CT molecular complexity index is 1150. The molecule has 2 heterocycles. The molecule has 4 aromatic rings. The number of hydrogen-bond acceptors (Lipinski definition) is 5. The highest BCUT2D eigenvalue weighted by Gasteiger charge is 2.22. The molecule has 0 aliphatic carbocycles. The first kappa shape index (κ1) is 21.0. The van der Waals surface area contributed by atoms with Gasteiger partial charge in [0.15, 0.2) is 0 Å². The first-order chi connectivity index (χ1) is 15.1. The van der Waals surface area contributed by atoms with Crippen molar-refractivity contribution >= 4 is 40.2 Å². The van der Waals surface area contributed by atoms with Crippen molar-refractivity contribution in [2.45, 2.75) is 19.4 Å². The van der Waals surface area contributed by atoms with Crippen LogP contribution in [0.15, 0.2) is 77.5 Å². The van der Waals surface area contributed by atoms with Crippen molar-refractivity contribution in [3.8, 4) is 11.3 Å². The Morgan fingerprint density at radius 2 is 1.74 bits per heavy atom. The zero-order valence-electron chi connectivity index (χ0n) is 16.9. The molecule has 4 rings (SSSR count). The van der Waals surface area contributed by atoms with Crippen LogP contribution in [-0.2, 0) is 11.2 Å². The summed E-state index contributed by atoms with van der Waals surface area (Å²) in [7, 11) is 0. The highest BCUT2D eigenvalue weighted by molar-refractivity contribution is 7.12. The minimum absolute atomic E-state index is 0.250. The number of thiophene rings is 1. The van der Waals surface area contributed by atoms with E-state index in [1.807, 2.05) is 78.3 Å². The smallest absolute Gasteiger partial charge is 0.262 e. The van der Waals surface area contributed by atoms with Crippen molar-refractivity contribution in [2.75, 3.05) is 5.32 Å². The summed E-state index contributed by atoms with van der Waals surface area (Å²) in [5.74, 6) is -0.508. The van der Waals surface area contributed by atoms with E-state index in [1.54, 1.807) is 17.4 Å². The standard InChI is InChI=1S/C24H21N3O2S2/c1-16-25-21(15-31-16)18-9-11-19(12-10-18)26-23(28)20(14-17-6-3-2-4-7-17)27-24(29)22-8-5-13-30-22/h2-13,15,20H,14H2,1H3,(H,26,28)(H,27,29)/t20-/m1/s1. The van der Waals surface area contributed by atoms with Crippen LogP contribution in [0.3, 0.4) is 0 Å². The van der Waals surface area contributed by atoms with Crippen LogP contribution < -0.4 is 10.6 Å². The third-order valence-electron chi connectivity index (χ3n) is 4.72. The van der Waals surface area contributed by atoms with E-state index in [9.17, 15) is 9.59 Å². The molecule has 0 aliphatic rings. The van der Waals surface area contributed by atoms with Gasteiger partial charge in [-0.2, -0.15) is 0 Å². The fourth-order valence-corrected chi connectivity index (χ4v) is 4.39. The van der Waals surface area contributed by atoms with Crippen molar-refractivity contribution in [3.63, 3.8) is 0 Å². The number of nitrogens with one attached hydrogen (secondary N) is 2. The Morgan fingerprint density at radius 3 is 2.39 bits per heavy atom. The number of aryl methyl sites for hydroxylation is 1. The molecule has 156 valence electrons. The molecule has 0 saturated carbocycles. The molecule has 31 heavy (non-hydrogen) atoms. The van der Waals surface area contributed by atoms with Crippen LogP contribution in [0.5, 0.6) is 0 Å². The number of carbonyl (C=O) groups excluding carboxylic acids is 2. The number of benzene rings is 2. The van der Waals surface area contributed by atoms with Gasteiger partial charge in [0.25, 0.3) is 5.91 Å². The van der Waals surface area contributed by atoms with Crippen LogP contribution in [0, 0.1) is 6.92 Å². The number of rotatable bonds is 7. The topological polar surface area (TPSA) is 71.1 Å². The molecule has 7 heteroatoms. The van der Waals surface area contributed by atoms with Crippen molar-refractivity contribution in [1.82, 2.24) is 10.3 Å². The minimum Gasteiger partial charge on any atom is -0.339 e. The molecule has 5 nitrogen and oxygen atoms in total. The van der Waals surface area contributed by atoms with Crippen LogP contribution in [0.25, 0.3) is 11.3 Å². The number of nitrogens with zero attached hydrogens (tertiary/aromatic N) is 1. The van der Waals surface area contributed by atoms with Crippen LogP contribution in [0.4, 0.5) is 5.69 Å². The summed E-state index contributed by atoms with van der Waals surface area (Å²) in [5, 5.41) is 10.7. The number of thiazole rings is 1. The molecular formula is C24H21N3O2S2. The van der Waals surface area contributed by atoms with Gasteiger partial charge in [-0.1, -0.05) is 48.5 Å². The van der Waals surface area contributed by atoms with E-state index in [4.69, 9.17) is 0 Å². The average Bonchev–Trinajstić information content (AvgIpc) is 3.47. The van der Waals surface area contributed by atoms with Gasteiger partial charge in [-0.3, -0.25) is 9.59 Å². The zero-order chi connectivity index (χ0) is 21.6. The van der Waals surface area contributed by atoms with E-state index in [2.05, 4.69) is 15.6 Å². The Hall–Kier alpha value is -3.29. The maximum absolute atomic E-state index is 13.0. The van der Waals surface area contributed by atoms with Crippen molar-refractivity contribution in [3.05, 3.63) is 92.9 Å². The lowest BCUT2D eigenvalue weighted by molar-refractivity contribution is -0.118. The molecule has 0 spiro atoms. The Labute approximate surface area is 188 Å². The van der Waals surface area contributed by atoms with Crippen molar-refractivity contribution in [1.29, 1.82) is 0 Å². The molecule has 2 aromatic heterocycles. The van der Waals surface area contributed by atoms with Crippen LogP contribution >= 0.6 is 22.7 Å². The second-order valence-electron chi connectivity index (χ2n) is 7.01. The second-order valence-corrected chi connectivity index (χ2v) is 9.02. The predicted octanol–water partition coefficient (Wildman–Crippen LogP) is 5.16. The summed E-state index contributed by atoms with van der Waals surface area (Å²) in [5.41, 5.74) is 3.56. The molecule has 0 fully saturated rings. The highest BCUT2D eigenvalue weighted by Crippen LogP contribution is 2.23. The van der Waals surface area contributed by atoms with E-state index >= 15 is 0 Å². The van der Waals surface area contributed by atoms with Crippen LogP contribution in [-0.4, -0.2) is 22.8 Å². The van der Waals surface area contributed by atoms with Gasteiger partial charge >= 0.3 is 0 Å². The molecular weight excluding hydrogens is 426 g/mol. The zero-order valence-corrected chi connectivity index (χ0v) is 18.5. The quantitative estimate of drug-likeness (QED) is 0.411. The lowest BCUT2D eigenvalue weighted by atomic mass is 10.0. The monoisotopic (exact) mass is 447 g/mol. The van der Waals surface area contributed by atoms with Gasteiger partial charge in [0.1, 0.15) is 6.04 Å². The first-order valence-electron chi connectivity index (χ1n) is 9.80. The Balaban J connectivity index is 1.48. The van der Waals surface area contributed by atoms with Gasteiger partial charge in [0, 0.05) is 23.1 Å². The average molecular weight is 448 g/mol. The lowest BCUT2D eigenvalue weighted by Gasteiger charge is -2.18. The molecule has 2 aromatic carbocycles. The summed E-state index contributed by atoms with van der Waals surface area (Å²) in [6.45, 7) is 1.97. The largest absolute Gasteiger partial charge is 0.339 e. The van der Waals surface area contributed by atoms with Gasteiger partial charge < -0.3 is 10.6 Å². The van der Waals surface area contributed by atoms with E-state index in [1.165, 1.54) is 11.3 Å². The number of carbonyl (C=O) groups is 2. The number of anilines is 1. The van der Waals surface area contributed by atoms with Crippen molar-refractivity contribution < 1.29 is 9.59 Å². The van der Waals surface area contributed by atoms with Gasteiger partial charge in [-0.05, 0) is 36.1 Å². The Morgan fingerprint density at radius 1 is 0.968 bits per heavy atom.